The fourth-order valence-electron chi connectivity index (χ4n) is 5.41. The van der Waals surface area contributed by atoms with Gasteiger partial charge in [-0.2, -0.15) is 5.10 Å². The third kappa shape index (κ3) is 2.33. The third-order valence-electron chi connectivity index (χ3n) is 7.11. The molecule has 1 aliphatic carbocycles. The molecule has 3 aliphatic heterocycles. The average molecular weight is 381 g/mol. The maximum absolute atomic E-state index is 13.4. The molecule has 8 nitrogen and oxygen atoms in total. The fourth-order valence-corrected chi connectivity index (χ4v) is 5.41. The molecule has 1 spiro atoms. The van der Waals surface area contributed by atoms with Crippen molar-refractivity contribution < 1.29 is 14.3 Å². The largest absolute Gasteiger partial charge is 0.381 e. The summed E-state index contributed by atoms with van der Waals surface area (Å²) in [7, 11) is 0. The molecule has 8 heteroatoms. The fraction of sp³-hybridized carbons (Fsp3) is 0.600. The number of carbonyl (C=O) groups excluding carboxylic acids is 2. The Hall–Kier alpha value is -2.48. The lowest BCUT2D eigenvalue weighted by atomic mass is 9.87. The predicted molar refractivity (Wildman–Crippen MR) is 98.5 cm³/mol. The second-order valence-corrected chi connectivity index (χ2v) is 8.80. The molecule has 5 heterocycles. The first-order valence-electron chi connectivity index (χ1n) is 10.1. The Morgan fingerprint density at radius 2 is 2.14 bits per heavy atom. The number of rotatable bonds is 2. The highest BCUT2D eigenvalue weighted by atomic mass is 16.5. The zero-order chi connectivity index (χ0) is 18.9. The van der Waals surface area contributed by atoms with Gasteiger partial charge >= 0.3 is 0 Å². The van der Waals surface area contributed by atoms with Crippen LogP contribution >= 0.6 is 0 Å². The minimum atomic E-state index is -0.347. The summed E-state index contributed by atoms with van der Waals surface area (Å²) in [6.45, 7) is 3.09. The van der Waals surface area contributed by atoms with Crippen molar-refractivity contribution in [1.29, 1.82) is 0 Å². The molecule has 0 bridgehead atoms. The van der Waals surface area contributed by atoms with E-state index in [1.807, 2.05) is 9.80 Å². The van der Waals surface area contributed by atoms with Crippen molar-refractivity contribution in [2.75, 3.05) is 26.3 Å². The van der Waals surface area contributed by atoms with Gasteiger partial charge in [0.25, 0.3) is 5.91 Å². The van der Waals surface area contributed by atoms with Gasteiger partial charge in [0.15, 0.2) is 0 Å². The minimum Gasteiger partial charge on any atom is -0.381 e. The van der Waals surface area contributed by atoms with Gasteiger partial charge in [-0.3, -0.25) is 14.6 Å². The van der Waals surface area contributed by atoms with Crippen LogP contribution in [0.4, 0.5) is 0 Å². The van der Waals surface area contributed by atoms with Crippen LogP contribution in [-0.2, 0) is 9.53 Å². The third-order valence-corrected chi connectivity index (χ3v) is 7.11. The van der Waals surface area contributed by atoms with Gasteiger partial charge < -0.3 is 14.5 Å². The smallest absolute Gasteiger partial charge is 0.258 e. The Bertz CT molecular complexity index is 966. The molecule has 4 fully saturated rings. The van der Waals surface area contributed by atoms with E-state index in [0.29, 0.717) is 17.0 Å². The Kier molecular flexibility index (Phi) is 3.39. The average Bonchev–Trinajstić information content (AvgIpc) is 3.20. The maximum Gasteiger partial charge on any atom is 0.258 e. The van der Waals surface area contributed by atoms with Crippen LogP contribution in [0.5, 0.6) is 0 Å². The number of likely N-dealkylation sites (tertiary alicyclic amines) is 2. The van der Waals surface area contributed by atoms with Crippen LogP contribution in [0.3, 0.4) is 0 Å². The molecule has 146 valence electrons. The van der Waals surface area contributed by atoms with Crippen LogP contribution in [0.15, 0.2) is 24.8 Å². The summed E-state index contributed by atoms with van der Waals surface area (Å²) in [6, 6.07) is -0.153. The van der Waals surface area contributed by atoms with E-state index in [-0.39, 0.29) is 29.3 Å². The van der Waals surface area contributed by atoms with Crippen molar-refractivity contribution in [3.8, 4) is 0 Å². The first-order valence-corrected chi connectivity index (χ1v) is 10.1. The molecular formula is C20H23N5O3. The second-order valence-electron chi connectivity index (χ2n) is 8.80. The topological polar surface area (TPSA) is 80.0 Å². The van der Waals surface area contributed by atoms with Crippen molar-refractivity contribution in [2.24, 2.45) is 11.3 Å². The number of carbonyl (C=O) groups is 2. The summed E-state index contributed by atoms with van der Waals surface area (Å²) in [6.07, 6.45) is 10.4. The number of hydrogen-bond donors (Lipinski definition) is 0. The number of hydrogen-bond acceptors (Lipinski definition) is 5. The van der Waals surface area contributed by atoms with Crippen LogP contribution in [0.1, 0.15) is 36.0 Å². The molecule has 0 radical (unpaired) electrons. The van der Waals surface area contributed by atoms with E-state index in [1.54, 1.807) is 29.3 Å². The number of fused-ring (bicyclic) bond motifs is 2. The van der Waals surface area contributed by atoms with Gasteiger partial charge in [-0.15, -0.1) is 0 Å². The van der Waals surface area contributed by atoms with Gasteiger partial charge in [-0.05, 0) is 31.6 Å². The van der Waals surface area contributed by atoms with Gasteiger partial charge in [-0.1, -0.05) is 0 Å². The van der Waals surface area contributed by atoms with Crippen LogP contribution in [-0.4, -0.2) is 74.6 Å². The summed E-state index contributed by atoms with van der Waals surface area (Å²) in [5.74, 6) is 0.479. The van der Waals surface area contributed by atoms with Gasteiger partial charge in [-0.25, -0.2) is 4.52 Å². The Morgan fingerprint density at radius 1 is 1.21 bits per heavy atom. The van der Waals surface area contributed by atoms with E-state index in [2.05, 4.69) is 10.1 Å². The van der Waals surface area contributed by atoms with Crippen molar-refractivity contribution in [1.82, 2.24) is 24.4 Å². The maximum atomic E-state index is 13.4. The van der Waals surface area contributed by atoms with E-state index in [4.69, 9.17) is 4.74 Å². The lowest BCUT2D eigenvalue weighted by Crippen LogP contribution is -2.49. The van der Waals surface area contributed by atoms with Crippen LogP contribution in [0, 0.1) is 11.3 Å². The van der Waals surface area contributed by atoms with Crippen LogP contribution in [0.2, 0.25) is 0 Å². The zero-order valence-corrected chi connectivity index (χ0v) is 15.7. The summed E-state index contributed by atoms with van der Waals surface area (Å²) in [5.41, 5.74) is 1.35. The van der Waals surface area contributed by atoms with Gasteiger partial charge in [0.05, 0.1) is 30.1 Å². The quantitative estimate of drug-likeness (QED) is 0.775. The van der Waals surface area contributed by atoms with E-state index < -0.39 is 0 Å². The molecule has 0 N–H and O–H groups in total. The van der Waals surface area contributed by atoms with E-state index in [1.165, 1.54) is 0 Å². The molecule has 2 amide bonds. The van der Waals surface area contributed by atoms with Crippen molar-refractivity contribution >= 4 is 17.3 Å². The molecule has 1 saturated carbocycles. The van der Waals surface area contributed by atoms with Crippen molar-refractivity contribution in [2.45, 2.75) is 37.8 Å². The lowest BCUT2D eigenvalue weighted by Gasteiger charge is -2.31. The SMILES string of the molecule is O=C([C@H]1C[C@H]2C[C@H]2N1C(=O)c1cnn2ccncc12)N1CC[C@@]2(CCOC2)C1. The molecule has 2 aromatic heterocycles. The molecule has 2 aromatic rings. The number of nitrogens with zero attached hydrogens (tertiary/aromatic N) is 5. The first-order chi connectivity index (χ1) is 13.7. The normalized spacial score (nSPS) is 33.8. The molecule has 28 heavy (non-hydrogen) atoms. The van der Waals surface area contributed by atoms with Crippen molar-refractivity contribution in [3.63, 3.8) is 0 Å². The number of aromatic nitrogens is 3. The molecule has 3 saturated heterocycles. The Labute approximate surface area is 162 Å². The lowest BCUT2D eigenvalue weighted by molar-refractivity contribution is -0.135. The standard InChI is InChI=1S/C20H23N5O3/c26-18(14-9-22-24-5-3-21-10-17(14)24)25-15-7-13(15)8-16(25)19(27)23-4-1-20(11-23)2-6-28-12-20/h3,5,9-10,13,15-16H,1-2,4,6-8,11-12H2/t13-,15-,16-,20-/m1/s1. The first kappa shape index (κ1) is 16.5. The Morgan fingerprint density at radius 3 is 3.00 bits per heavy atom. The monoisotopic (exact) mass is 381 g/mol. The summed E-state index contributed by atoms with van der Waals surface area (Å²) < 4.78 is 7.25. The van der Waals surface area contributed by atoms with E-state index >= 15 is 0 Å². The molecule has 4 atom stereocenters. The number of ether oxygens (including phenoxy) is 1. The van der Waals surface area contributed by atoms with E-state index in [9.17, 15) is 9.59 Å². The summed E-state index contributed by atoms with van der Waals surface area (Å²) >= 11 is 0. The van der Waals surface area contributed by atoms with Crippen molar-refractivity contribution in [3.05, 3.63) is 30.4 Å². The highest BCUT2D eigenvalue weighted by Gasteiger charge is 2.57. The number of piperidine rings is 1. The number of amides is 2. The highest BCUT2D eigenvalue weighted by Crippen LogP contribution is 2.49. The van der Waals surface area contributed by atoms with Gasteiger partial charge in [0.2, 0.25) is 5.91 Å². The molecule has 4 aliphatic rings. The highest BCUT2D eigenvalue weighted by molar-refractivity contribution is 6.03. The molecule has 6 rings (SSSR count). The molecule has 0 aromatic carbocycles. The molecular weight excluding hydrogens is 358 g/mol. The molecule has 0 unspecified atom stereocenters. The van der Waals surface area contributed by atoms with Gasteiger partial charge in [0, 0.05) is 43.5 Å². The zero-order valence-electron chi connectivity index (χ0n) is 15.7. The summed E-state index contributed by atoms with van der Waals surface area (Å²) in [4.78, 5) is 34.7. The second kappa shape index (κ2) is 5.76. The van der Waals surface area contributed by atoms with Gasteiger partial charge in [0.1, 0.15) is 6.04 Å². The Balaban J connectivity index is 1.26. The predicted octanol–water partition coefficient (Wildman–Crippen LogP) is 0.971. The van der Waals surface area contributed by atoms with E-state index in [0.717, 1.165) is 52.0 Å². The van der Waals surface area contributed by atoms with Crippen LogP contribution < -0.4 is 0 Å². The minimum absolute atomic E-state index is 0.0931. The summed E-state index contributed by atoms with van der Waals surface area (Å²) in [5, 5.41) is 4.27. The van der Waals surface area contributed by atoms with Crippen LogP contribution in [0.25, 0.3) is 5.52 Å².